The van der Waals surface area contributed by atoms with E-state index in [-0.39, 0.29) is 0 Å². The number of rotatable bonds is 5. The molecular weight excluding hydrogens is 248 g/mol. The highest BCUT2D eigenvalue weighted by atomic mass is 16.2. The SMILES string of the molecule is CC(CNC1CC1)CN1CCC(C(C)(C)C)CCC1=O. The van der Waals surface area contributed by atoms with Crippen molar-refractivity contribution in [3.05, 3.63) is 0 Å². The molecule has 3 heteroatoms. The standard InChI is InChI=1S/C17H32N2O/c1-13(11-18-15-6-7-15)12-19-10-9-14(17(2,3)4)5-8-16(19)20/h13-15,18H,5-12H2,1-4H3. The molecule has 1 heterocycles. The van der Waals surface area contributed by atoms with Crippen LogP contribution in [0.3, 0.4) is 0 Å². The molecule has 2 atom stereocenters. The van der Waals surface area contributed by atoms with E-state index in [0.717, 1.165) is 44.9 Å². The van der Waals surface area contributed by atoms with E-state index in [1.54, 1.807) is 0 Å². The van der Waals surface area contributed by atoms with Crippen LogP contribution in [0.15, 0.2) is 0 Å². The summed E-state index contributed by atoms with van der Waals surface area (Å²) in [6, 6.07) is 0.766. The summed E-state index contributed by atoms with van der Waals surface area (Å²) in [5.74, 6) is 1.61. The number of amides is 1. The quantitative estimate of drug-likeness (QED) is 0.839. The Hall–Kier alpha value is -0.570. The first-order chi connectivity index (χ1) is 9.36. The van der Waals surface area contributed by atoms with E-state index in [9.17, 15) is 4.79 Å². The Balaban J connectivity index is 1.79. The van der Waals surface area contributed by atoms with Crippen molar-refractivity contribution in [3.63, 3.8) is 0 Å². The van der Waals surface area contributed by atoms with Crippen LogP contribution >= 0.6 is 0 Å². The van der Waals surface area contributed by atoms with Crippen molar-refractivity contribution in [2.75, 3.05) is 19.6 Å². The molecule has 2 unspecified atom stereocenters. The lowest BCUT2D eigenvalue weighted by Gasteiger charge is -2.30. The monoisotopic (exact) mass is 280 g/mol. The third-order valence-electron chi connectivity index (χ3n) is 4.90. The molecule has 1 aliphatic heterocycles. The fourth-order valence-electron chi connectivity index (χ4n) is 3.19. The molecule has 2 aliphatic rings. The number of hydrogen-bond donors (Lipinski definition) is 1. The maximum absolute atomic E-state index is 12.3. The summed E-state index contributed by atoms with van der Waals surface area (Å²) in [6.07, 6.45) is 5.64. The average molecular weight is 280 g/mol. The second-order valence-corrected chi connectivity index (χ2v) is 8.02. The molecule has 116 valence electrons. The van der Waals surface area contributed by atoms with Crippen molar-refractivity contribution in [1.29, 1.82) is 0 Å². The predicted molar refractivity (Wildman–Crippen MR) is 83.6 cm³/mol. The minimum absolute atomic E-state index is 0.329. The first kappa shape index (κ1) is 15.8. The lowest BCUT2D eigenvalue weighted by atomic mass is 9.77. The van der Waals surface area contributed by atoms with E-state index in [0.29, 0.717) is 23.2 Å². The molecule has 20 heavy (non-hydrogen) atoms. The molecule has 3 nitrogen and oxygen atoms in total. The van der Waals surface area contributed by atoms with Crippen molar-refractivity contribution < 1.29 is 4.79 Å². The van der Waals surface area contributed by atoms with Gasteiger partial charge in [0.15, 0.2) is 0 Å². The van der Waals surface area contributed by atoms with Crippen LogP contribution in [0.2, 0.25) is 0 Å². The topological polar surface area (TPSA) is 32.3 Å². The van der Waals surface area contributed by atoms with E-state index >= 15 is 0 Å². The van der Waals surface area contributed by atoms with E-state index < -0.39 is 0 Å². The highest BCUT2D eigenvalue weighted by molar-refractivity contribution is 5.76. The van der Waals surface area contributed by atoms with E-state index in [1.807, 2.05) is 0 Å². The van der Waals surface area contributed by atoms with Crippen molar-refractivity contribution in [1.82, 2.24) is 10.2 Å². The van der Waals surface area contributed by atoms with Gasteiger partial charge < -0.3 is 10.2 Å². The molecule has 1 amide bonds. The van der Waals surface area contributed by atoms with E-state index in [1.165, 1.54) is 12.8 Å². The van der Waals surface area contributed by atoms with Gasteiger partial charge in [-0.25, -0.2) is 0 Å². The molecule has 2 rings (SSSR count). The maximum Gasteiger partial charge on any atom is 0.222 e. The zero-order valence-corrected chi connectivity index (χ0v) is 13.7. The van der Waals surface area contributed by atoms with Crippen LogP contribution in [-0.2, 0) is 4.79 Å². The van der Waals surface area contributed by atoms with Crippen LogP contribution in [0.5, 0.6) is 0 Å². The van der Waals surface area contributed by atoms with Gasteiger partial charge in [0.1, 0.15) is 0 Å². The summed E-state index contributed by atoms with van der Waals surface area (Å²) in [5.41, 5.74) is 0.329. The van der Waals surface area contributed by atoms with Gasteiger partial charge in [0.25, 0.3) is 0 Å². The molecule has 0 aromatic rings. The van der Waals surface area contributed by atoms with Crippen molar-refractivity contribution in [3.8, 4) is 0 Å². The molecule has 0 spiro atoms. The van der Waals surface area contributed by atoms with Crippen molar-refractivity contribution in [2.45, 2.75) is 65.8 Å². The second kappa shape index (κ2) is 6.46. The van der Waals surface area contributed by atoms with Crippen LogP contribution in [-0.4, -0.2) is 36.5 Å². The number of nitrogens with zero attached hydrogens (tertiary/aromatic N) is 1. The Morgan fingerprint density at radius 2 is 1.95 bits per heavy atom. The zero-order valence-electron chi connectivity index (χ0n) is 13.7. The van der Waals surface area contributed by atoms with Crippen LogP contribution in [0.25, 0.3) is 0 Å². The third-order valence-corrected chi connectivity index (χ3v) is 4.90. The molecule has 2 fully saturated rings. The summed E-state index contributed by atoms with van der Waals surface area (Å²) in [5, 5.41) is 3.57. The molecule has 1 saturated carbocycles. The minimum atomic E-state index is 0.329. The number of carbonyl (C=O) groups is 1. The number of hydrogen-bond acceptors (Lipinski definition) is 2. The van der Waals surface area contributed by atoms with Crippen LogP contribution < -0.4 is 5.32 Å². The minimum Gasteiger partial charge on any atom is -0.342 e. The molecule has 1 aliphatic carbocycles. The first-order valence-corrected chi connectivity index (χ1v) is 8.37. The van der Waals surface area contributed by atoms with E-state index in [2.05, 4.69) is 37.9 Å². The molecule has 1 saturated heterocycles. The van der Waals surface area contributed by atoms with E-state index in [4.69, 9.17) is 0 Å². The normalized spacial score (nSPS) is 26.5. The smallest absolute Gasteiger partial charge is 0.222 e. The lowest BCUT2D eigenvalue weighted by Crippen LogP contribution is -2.37. The molecule has 0 bridgehead atoms. The van der Waals surface area contributed by atoms with Crippen molar-refractivity contribution >= 4 is 5.91 Å². The fraction of sp³-hybridized carbons (Fsp3) is 0.941. The Morgan fingerprint density at radius 3 is 2.55 bits per heavy atom. The Bertz CT molecular complexity index is 330. The third kappa shape index (κ3) is 4.76. The molecule has 0 radical (unpaired) electrons. The van der Waals surface area contributed by atoms with Gasteiger partial charge in [-0.3, -0.25) is 4.79 Å². The number of carbonyl (C=O) groups excluding carboxylic acids is 1. The van der Waals surface area contributed by atoms with Gasteiger partial charge in [0.2, 0.25) is 5.91 Å². The van der Waals surface area contributed by atoms with Gasteiger partial charge in [-0.15, -0.1) is 0 Å². The second-order valence-electron chi connectivity index (χ2n) is 8.02. The summed E-state index contributed by atoms with van der Waals surface area (Å²) in [4.78, 5) is 14.4. The average Bonchev–Trinajstić information content (AvgIpc) is 3.16. The van der Waals surface area contributed by atoms with Gasteiger partial charge >= 0.3 is 0 Å². The fourth-order valence-corrected chi connectivity index (χ4v) is 3.19. The predicted octanol–water partition coefficient (Wildman–Crippen LogP) is 3.05. The molecule has 1 N–H and O–H groups in total. The highest BCUT2D eigenvalue weighted by Crippen LogP contribution is 2.34. The van der Waals surface area contributed by atoms with Gasteiger partial charge in [-0.05, 0) is 49.5 Å². The van der Waals surface area contributed by atoms with Gasteiger partial charge in [-0.1, -0.05) is 27.7 Å². The Morgan fingerprint density at radius 1 is 1.25 bits per heavy atom. The van der Waals surface area contributed by atoms with Crippen LogP contribution in [0.1, 0.15) is 59.8 Å². The van der Waals surface area contributed by atoms with Gasteiger partial charge in [-0.2, -0.15) is 0 Å². The first-order valence-electron chi connectivity index (χ1n) is 8.37. The zero-order chi connectivity index (χ0) is 14.8. The largest absolute Gasteiger partial charge is 0.342 e. The number of likely N-dealkylation sites (tertiary alicyclic amines) is 1. The molecule has 0 aromatic carbocycles. The van der Waals surface area contributed by atoms with Gasteiger partial charge in [0.05, 0.1) is 0 Å². The van der Waals surface area contributed by atoms with Gasteiger partial charge in [0, 0.05) is 25.6 Å². The Labute approximate surface area is 124 Å². The summed E-state index contributed by atoms with van der Waals surface area (Å²) >= 11 is 0. The summed E-state index contributed by atoms with van der Waals surface area (Å²) < 4.78 is 0. The van der Waals surface area contributed by atoms with Crippen molar-refractivity contribution in [2.24, 2.45) is 17.3 Å². The van der Waals surface area contributed by atoms with Crippen LogP contribution in [0.4, 0.5) is 0 Å². The Kier molecular flexibility index (Phi) is 5.11. The summed E-state index contributed by atoms with van der Waals surface area (Å²) in [6.45, 7) is 12.1. The number of nitrogens with one attached hydrogen (secondary N) is 1. The molecule has 0 aromatic heterocycles. The highest BCUT2D eigenvalue weighted by Gasteiger charge is 2.30. The van der Waals surface area contributed by atoms with Crippen LogP contribution in [0, 0.1) is 17.3 Å². The molecular formula is C17H32N2O. The lowest BCUT2D eigenvalue weighted by molar-refractivity contribution is -0.131. The maximum atomic E-state index is 12.3. The summed E-state index contributed by atoms with van der Waals surface area (Å²) in [7, 11) is 0.